The van der Waals surface area contributed by atoms with E-state index in [1.807, 2.05) is 27.7 Å². The van der Waals surface area contributed by atoms with Crippen molar-refractivity contribution in [2.75, 3.05) is 0 Å². The van der Waals surface area contributed by atoms with Crippen LogP contribution >= 0.6 is 0 Å². The molecule has 0 unspecified atom stereocenters. The van der Waals surface area contributed by atoms with E-state index in [0.717, 1.165) is 12.3 Å². The third kappa shape index (κ3) is 4.18. The van der Waals surface area contributed by atoms with Crippen molar-refractivity contribution in [3.8, 4) is 0 Å². The maximum Gasteiger partial charge on any atom is 0.417 e. The van der Waals surface area contributed by atoms with E-state index in [1.165, 1.54) is 0 Å². The fraction of sp³-hybridized carbons (Fsp3) is 0.467. The molecule has 0 aliphatic rings. The van der Waals surface area contributed by atoms with E-state index < -0.39 is 11.7 Å². The maximum absolute atomic E-state index is 12.8. The minimum atomic E-state index is -4.36. The fourth-order valence-corrected chi connectivity index (χ4v) is 1.70. The Hall–Kier alpha value is -1.65. The minimum absolute atomic E-state index is 0.102. The Morgan fingerprint density at radius 3 is 1.95 bits per heavy atom. The summed E-state index contributed by atoms with van der Waals surface area (Å²) in [7, 11) is 0. The number of aryl methyl sites for hydroxylation is 2. The van der Waals surface area contributed by atoms with Crippen molar-refractivity contribution in [1.82, 2.24) is 10.2 Å². The van der Waals surface area contributed by atoms with Crippen molar-refractivity contribution in [1.29, 1.82) is 0 Å². The molecule has 0 atom stereocenters. The third-order valence-corrected chi connectivity index (χ3v) is 2.41. The van der Waals surface area contributed by atoms with Gasteiger partial charge in [-0.05, 0) is 31.5 Å². The largest absolute Gasteiger partial charge is 0.417 e. The molecule has 0 N–H and O–H groups in total. The first-order chi connectivity index (χ1) is 9.39. The molecule has 2 aromatic rings. The lowest BCUT2D eigenvalue weighted by Gasteiger charge is -2.11. The molecule has 0 aliphatic heterocycles. The maximum atomic E-state index is 12.8. The summed E-state index contributed by atoms with van der Waals surface area (Å²) in [5.74, 6) is 0. The van der Waals surface area contributed by atoms with Crippen LogP contribution in [0.5, 0.6) is 0 Å². The van der Waals surface area contributed by atoms with Gasteiger partial charge >= 0.3 is 6.18 Å². The molecule has 0 saturated carbocycles. The van der Waals surface area contributed by atoms with Gasteiger partial charge in [0.05, 0.1) is 17.5 Å². The highest BCUT2D eigenvalue weighted by molar-refractivity contribution is 5.87. The topological polar surface area (TPSA) is 25.8 Å². The van der Waals surface area contributed by atoms with Gasteiger partial charge in [0.15, 0.2) is 0 Å². The van der Waals surface area contributed by atoms with Crippen molar-refractivity contribution in [3.63, 3.8) is 0 Å². The van der Waals surface area contributed by atoms with Crippen LogP contribution in [-0.2, 0) is 6.18 Å². The van der Waals surface area contributed by atoms with Crippen LogP contribution in [0.15, 0.2) is 18.3 Å². The van der Waals surface area contributed by atoms with Gasteiger partial charge in [0.2, 0.25) is 0 Å². The van der Waals surface area contributed by atoms with E-state index in [-0.39, 0.29) is 5.39 Å². The predicted octanol–water partition coefficient (Wildman–Crippen LogP) is 5.32. The first-order valence-electron chi connectivity index (χ1n) is 6.69. The van der Waals surface area contributed by atoms with Gasteiger partial charge in [-0.1, -0.05) is 27.7 Å². The number of alkyl halides is 3. The molecule has 0 aliphatic carbocycles. The smallest absolute Gasteiger partial charge is 0.166 e. The summed E-state index contributed by atoms with van der Waals surface area (Å²) in [5, 5.41) is 7.93. The van der Waals surface area contributed by atoms with Crippen LogP contribution in [-0.4, -0.2) is 10.2 Å². The van der Waals surface area contributed by atoms with Gasteiger partial charge in [0.1, 0.15) is 0 Å². The Balaban J connectivity index is 0.000000829. The average Bonchev–Trinajstić information content (AvgIpc) is 2.42. The first-order valence-corrected chi connectivity index (χ1v) is 6.69. The average molecular weight is 286 g/mol. The lowest BCUT2D eigenvalue weighted by molar-refractivity contribution is -0.136. The van der Waals surface area contributed by atoms with E-state index in [1.54, 1.807) is 19.9 Å². The molecular weight excluding hydrogens is 265 g/mol. The van der Waals surface area contributed by atoms with E-state index in [2.05, 4.69) is 10.2 Å². The Kier molecular flexibility index (Phi) is 7.18. The number of halogens is 3. The summed E-state index contributed by atoms with van der Waals surface area (Å²) in [6, 6.07) is 2.82. The van der Waals surface area contributed by atoms with Crippen molar-refractivity contribution in [2.45, 2.75) is 47.7 Å². The van der Waals surface area contributed by atoms with Gasteiger partial charge in [-0.2, -0.15) is 23.4 Å². The highest BCUT2D eigenvalue weighted by atomic mass is 19.4. The summed E-state index contributed by atoms with van der Waals surface area (Å²) < 4.78 is 38.3. The number of fused-ring (bicyclic) bond motifs is 1. The highest BCUT2D eigenvalue weighted by Crippen LogP contribution is 2.35. The lowest BCUT2D eigenvalue weighted by atomic mass is 10.0. The van der Waals surface area contributed by atoms with Gasteiger partial charge in [-0.25, -0.2) is 0 Å². The number of rotatable bonds is 0. The SMILES string of the molecule is CC.CC.Cc1cc(C(F)(F)F)c2cnnc(C)c2c1. The van der Waals surface area contributed by atoms with Crippen LogP contribution in [0.2, 0.25) is 0 Å². The standard InChI is InChI=1S/C11H9F3N2.2C2H6/c1-6-3-8-7(2)16-15-5-9(8)10(4-6)11(12,13)14;2*1-2/h3-5H,1-2H3;2*1-2H3. The molecule has 0 saturated heterocycles. The zero-order chi connectivity index (χ0) is 15.9. The van der Waals surface area contributed by atoms with E-state index >= 15 is 0 Å². The second-order valence-corrected chi connectivity index (χ2v) is 3.70. The molecule has 2 rings (SSSR count). The van der Waals surface area contributed by atoms with Gasteiger partial charge < -0.3 is 0 Å². The summed E-state index contributed by atoms with van der Waals surface area (Å²) in [6.07, 6.45) is -3.20. The Morgan fingerprint density at radius 2 is 1.45 bits per heavy atom. The molecule has 0 bridgehead atoms. The van der Waals surface area contributed by atoms with E-state index in [4.69, 9.17) is 0 Å². The summed E-state index contributed by atoms with van der Waals surface area (Å²) in [6.45, 7) is 11.3. The number of hydrogen-bond donors (Lipinski definition) is 0. The lowest BCUT2D eigenvalue weighted by Crippen LogP contribution is -2.07. The van der Waals surface area contributed by atoms with Crippen LogP contribution < -0.4 is 0 Å². The molecule has 20 heavy (non-hydrogen) atoms. The van der Waals surface area contributed by atoms with Crippen molar-refractivity contribution >= 4 is 10.8 Å². The molecule has 1 aromatic carbocycles. The molecule has 1 heterocycles. The van der Waals surface area contributed by atoms with E-state index in [9.17, 15) is 13.2 Å². The number of nitrogens with zero attached hydrogens (tertiary/aromatic N) is 2. The molecule has 0 amide bonds. The van der Waals surface area contributed by atoms with Crippen molar-refractivity contribution < 1.29 is 13.2 Å². The van der Waals surface area contributed by atoms with Gasteiger partial charge in [-0.15, -0.1) is 0 Å². The van der Waals surface area contributed by atoms with Crippen molar-refractivity contribution in [2.24, 2.45) is 0 Å². The third-order valence-electron chi connectivity index (χ3n) is 2.41. The van der Waals surface area contributed by atoms with Gasteiger partial charge in [0, 0.05) is 10.8 Å². The fourth-order valence-electron chi connectivity index (χ4n) is 1.70. The van der Waals surface area contributed by atoms with Crippen LogP contribution in [0, 0.1) is 13.8 Å². The molecule has 0 spiro atoms. The van der Waals surface area contributed by atoms with Crippen molar-refractivity contribution in [3.05, 3.63) is 35.2 Å². The number of benzene rings is 1. The quantitative estimate of drug-likeness (QED) is 0.655. The molecule has 5 heteroatoms. The monoisotopic (exact) mass is 286 g/mol. The second kappa shape index (κ2) is 7.82. The Labute approximate surface area is 118 Å². The summed E-state index contributed by atoms with van der Waals surface area (Å²) in [5.41, 5.74) is 0.420. The Bertz CT molecular complexity index is 549. The molecule has 112 valence electrons. The van der Waals surface area contributed by atoms with Crippen LogP contribution in [0.25, 0.3) is 10.8 Å². The minimum Gasteiger partial charge on any atom is -0.166 e. The zero-order valence-electron chi connectivity index (χ0n) is 12.8. The predicted molar refractivity (Wildman–Crippen MR) is 76.7 cm³/mol. The summed E-state index contributed by atoms with van der Waals surface area (Å²) in [4.78, 5) is 0. The first kappa shape index (κ1) is 18.4. The number of aromatic nitrogens is 2. The molecule has 1 aromatic heterocycles. The second-order valence-electron chi connectivity index (χ2n) is 3.70. The molecule has 0 radical (unpaired) electrons. The highest BCUT2D eigenvalue weighted by Gasteiger charge is 2.33. The van der Waals surface area contributed by atoms with Gasteiger partial charge in [-0.3, -0.25) is 0 Å². The molecule has 2 nitrogen and oxygen atoms in total. The van der Waals surface area contributed by atoms with Crippen LogP contribution in [0.1, 0.15) is 44.5 Å². The van der Waals surface area contributed by atoms with E-state index in [0.29, 0.717) is 16.6 Å². The van der Waals surface area contributed by atoms with Crippen LogP contribution in [0.3, 0.4) is 0 Å². The van der Waals surface area contributed by atoms with Gasteiger partial charge in [0.25, 0.3) is 0 Å². The zero-order valence-corrected chi connectivity index (χ0v) is 12.8. The normalized spacial score (nSPS) is 10.2. The Morgan fingerprint density at radius 1 is 0.900 bits per heavy atom. The molecular formula is C15H21F3N2. The van der Waals surface area contributed by atoms with Crippen LogP contribution in [0.4, 0.5) is 13.2 Å². The molecule has 0 fully saturated rings. The number of hydrogen-bond acceptors (Lipinski definition) is 2. The summed E-state index contributed by atoms with van der Waals surface area (Å²) >= 11 is 0.